The molecule has 0 amide bonds. The van der Waals surface area contributed by atoms with Crippen LogP contribution in [0.1, 0.15) is 19.8 Å². The molecule has 8 heteroatoms. The van der Waals surface area contributed by atoms with Crippen LogP contribution in [0.4, 0.5) is 0 Å². The molecular formula is C8H17NO5S2. The highest BCUT2D eigenvalue weighted by atomic mass is 32.2. The maximum Gasteiger partial charge on any atom is 0.214 e. The van der Waals surface area contributed by atoms with E-state index in [1.165, 1.54) is 6.92 Å². The summed E-state index contributed by atoms with van der Waals surface area (Å²) in [6.45, 7) is 1.44. The van der Waals surface area contributed by atoms with Crippen molar-refractivity contribution in [1.29, 1.82) is 0 Å². The van der Waals surface area contributed by atoms with Gasteiger partial charge in [0, 0.05) is 6.54 Å². The van der Waals surface area contributed by atoms with E-state index in [-0.39, 0.29) is 30.9 Å². The van der Waals surface area contributed by atoms with Crippen molar-refractivity contribution in [2.75, 3.05) is 18.1 Å². The number of hydrogen-bond donors (Lipinski definition) is 2. The second-order valence-corrected chi connectivity index (χ2v) is 8.44. The molecule has 1 saturated heterocycles. The van der Waals surface area contributed by atoms with Crippen LogP contribution in [0.5, 0.6) is 0 Å². The van der Waals surface area contributed by atoms with E-state index in [0.717, 1.165) is 0 Å². The van der Waals surface area contributed by atoms with E-state index in [1.54, 1.807) is 0 Å². The highest BCUT2D eigenvalue weighted by molar-refractivity contribution is 7.92. The average Bonchev–Trinajstić information content (AvgIpc) is 2.14. The van der Waals surface area contributed by atoms with Crippen LogP contribution in [0, 0.1) is 0 Å². The first kappa shape index (κ1) is 13.9. The topological polar surface area (TPSA) is 101 Å². The molecule has 1 fully saturated rings. The van der Waals surface area contributed by atoms with Gasteiger partial charge in [-0.2, -0.15) is 0 Å². The molecule has 1 atom stereocenters. The Bertz CT molecular complexity index is 411. The smallest absolute Gasteiger partial charge is 0.214 e. The summed E-state index contributed by atoms with van der Waals surface area (Å²) in [4.78, 5) is 0. The molecule has 1 rings (SSSR count). The molecule has 0 radical (unpaired) electrons. The zero-order valence-corrected chi connectivity index (χ0v) is 10.7. The van der Waals surface area contributed by atoms with Gasteiger partial charge in [-0.1, -0.05) is 0 Å². The molecule has 0 aromatic rings. The highest BCUT2D eigenvalue weighted by Gasteiger charge is 2.32. The van der Waals surface area contributed by atoms with Crippen LogP contribution in [0.15, 0.2) is 0 Å². The number of hydrogen-bond acceptors (Lipinski definition) is 5. The van der Waals surface area contributed by atoms with Crippen molar-refractivity contribution in [1.82, 2.24) is 4.72 Å². The second kappa shape index (κ2) is 4.99. The van der Waals surface area contributed by atoms with Crippen LogP contribution in [-0.2, 0) is 19.9 Å². The van der Waals surface area contributed by atoms with Crippen molar-refractivity contribution in [3.05, 3.63) is 0 Å². The quantitative estimate of drug-likeness (QED) is 0.673. The predicted molar refractivity (Wildman–Crippen MR) is 60.3 cm³/mol. The Labute approximate surface area is 96.0 Å². The first-order valence-electron chi connectivity index (χ1n) is 5.10. The minimum atomic E-state index is -3.50. The monoisotopic (exact) mass is 271 g/mol. The Hall–Kier alpha value is -0.180. The SMILES string of the molecule is C[C@@H](O)CNS(=O)(=O)C1CCS(=O)(=O)CC1. The third-order valence-electron chi connectivity index (χ3n) is 2.52. The molecule has 6 nitrogen and oxygen atoms in total. The van der Waals surface area contributed by atoms with Crippen molar-refractivity contribution in [3.8, 4) is 0 Å². The van der Waals surface area contributed by atoms with Gasteiger partial charge in [0.2, 0.25) is 10.0 Å². The van der Waals surface area contributed by atoms with Crippen molar-refractivity contribution < 1.29 is 21.9 Å². The number of aliphatic hydroxyl groups is 1. The molecule has 1 aliphatic rings. The van der Waals surface area contributed by atoms with Crippen molar-refractivity contribution in [2.24, 2.45) is 0 Å². The predicted octanol–water partition coefficient (Wildman–Crippen LogP) is -1.14. The van der Waals surface area contributed by atoms with Crippen LogP contribution < -0.4 is 4.72 Å². The summed E-state index contributed by atoms with van der Waals surface area (Å²) in [5.41, 5.74) is 0. The van der Waals surface area contributed by atoms with Gasteiger partial charge in [-0.3, -0.25) is 0 Å². The van der Waals surface area contributed by atoms with Gasteiger partial charge >= 0.3 is 0 Å². The summed E-state index contributed by atoms with van der Waals surface area (Å²) in [6.07, 6.45) is -0.475. The van der Waals surface area contributed by atoms with Gasteiger partial charge in [0.15, 0.2) is 0 Å². The number of nitrogens with one attached hydrogen (secondary N) is 1. The molecular weight excluding hydrogens is 254 g/mol. The molecule has 1 heterocycles. The fourth-order valence-electron chi connectivity index (χ4n) is 1.53. The third kappa shape index (κ3) is 4.00. The lowest BCUT2D eigenvalue weighted by atomic mass is 10.2. The lowest BCUT2D eigenvalue weighted by Gasteiger charge is -2.22. The van der Waals surface area contributed by atoms with Crippen LogP contribution in [0.25, 0.3) is 0 Å². The van der Waals surface area contributed by atoms with Crippen molar-refractivity contribution >= 4 is 19.9 Å². The van der Waals surface area contributed by atoms with Gasteiger partial charge in [0.05, 0.1) is 22.9 Å². The summed E-state index contributed by atoms with van der Waals surface area (Å²) < 4.78 is 47.9. The van der Waals surface area contributed by atoms with Crippen molar-refractivity contribution in [3.63, 3.8) is 0 Å². The van der Waals surface area contributed by atoms with E-state index < -0.39 is 31.2 Å². The normalized spacial score (nSPS) is 24.1. The van der Waals surface area contributed by atoms with Gasteiger partial charge in [-0.05, 0) is 19.8 Å². The molecule has 2 N–H and O–H groups in total. The molecule has 96 valence electrons. The Morgan fingerprint density at radius 1 is 1.38 bits per heavy atom. The molecule has 0 aromatic heterocycles. The largest absolute Gasteiger partial charge is 0.392 e. The third-order valence-corrected chi connectivity index (χ3v) is 6.15. The molecule has 1 aliphatic heterocycles. The average molecular weight is 271 g/mol. The van der Waals surface area contributed by atoms with Crippen LogP contribution >= 0.6 is 0 Å². The van der Waals surface area contributed by atoms with Crippen LogP contribution in [0.2, 0.25) is 0 Å². The Kier molecular flexibility index (Phi) is 4.33. The van der Waals surface area contributed by atoms with Gasteiger partial charge in [0.1, 0.15) is 9.84 Å². The van der Waals surface area contributed by atoms with E-state index >= 15 is 0 Å². The Morgan fingerprint density at radius 3 is 2.31 bits per heavy atom. The van der Waals surface area contributed by atoms with E-state index in [1.807, 2.05) is 0 Å². The molecule has 0 spiro atoms. The van der Waals surface area contributed by atoms with Gasteiger partial charge in [0.25, 0.3) is 0 Å². The molecule has 0 saturated carbocycles. The van der Waals surface area contributed by atoms with Gasteiger partial charge < -0.3 is 5.11 Å². The minimum absolute atomic E-state index is 0.0361. The molecule has 0 aliphatic carbocycles. The number of aliphatic hydroxyl groups excluding tert-OH is 1. The molecule has 0 unspecified atom stereocenters. The highest BCUT2D eigenvalue weighted by Crippen LogP contribution is 2.18. The number of sulfonamides is 1. The molecule has 16 heavy (non-hydrogen) atoms. The van der Waals surface area contributed by atoms with Crippen molar-refractivity contribution in [2.45, 2.75) is 31.1 Å². The summed E-state index contributed by atoms with van der Waals surface area (Å²) in [7, 11) is -6.55. The van der Waals surface area contributed by atoms with E-state index in [2.05, 4.69) is 4.72 Å². The van der Waals surface area contributed by atoms with Gasteiger partial charge in [-0.15, -0.1) is 0 Å². The summed E-state index contributed by atoms with van der Waals surface area (Å²) in [5, 5.41) is 8.32. The lowest BCUT2D eigenvalue weighted by molar-refractivity contribution is 0.198. The first-order valence-corrected chi connectivity index (χ1v) is 8.47. The molecule has 0 aromatic carbocycles. The summed E-state index contributed by atoms with van der Waals surface area (Å²) in [5.74, 6) is -0.152. The van der Waals surface area contributed by atoms with E-state index in [0.29, 0.717) is 0 Å². The zero-order valence-electron chi connectivity index (χ0n) is 9.09. The standard InChI is InChI=1S/C8H17NO5S2/c1-7(10)6-9-16(13,14)8-2-4-15(11,12)5-3-8/h7-10H,2-6H2,1H3/t7-/m1/s1. The summed E-state index contributed by atoms with van der Waals surface area (Å²) in [6, 6.07) is 0. The zero-order chi connectivity index (χ0) is 12.4. The summed E-state index contributed by atoms with van der Waals surface area (Å²) >= 11 is 0. The number of rotatable bonds is 4. The fourth-order valence-corrected chi connectivity index (χ4v) is 4.89. The van der Waals surface area contributed by atoms with Gasteiger partial charge in [-0.25, -0.2) is 21.6 Å². The Balaban J connectivity index is 2.58. The number of sulfone groups is 1. The van der Waals surface area contributed by atoms with Crippen LogP contribution in [0.3, 0.4) is 0 Å². The molecule has 0 bridgehead atoms. The van der Waals surface area contributed by atoms with E-state index in [9.17, 15) is 16.8 Å². The van der Waals surface area contributed by atoms with Crippen LogP contribution in [-0.4, -0.2) is 51.3 Å². The fraction of sp³-hybridized carbons (Fsp3) is 1.00. The Morgan fingerprint density at radius 2 is 1.88 bits per heavy atom. The first-order chi connectivity index (χ1) is 7.23. The van der Waals surface area contributed by atoms with E-state index in [4.69, 9.17) is 5.11 Å². The maximum absolute atomic E-state index is 11.7. The minimum Gasteiger partial charge on any atom is -0.392 e. The lowest BCUT2D eigenvalue weighted by Crippen LogP contribution is -2.41. The second-order valence-electron chi connectivity index (χ2n) is 4.09. The maximum atomic E-state index is 11.7.